The lowest BCUT2D eigenvalue weighted by atomic mass is 10.00. The van der Waals surface area contributed by atoms with Crippen LogP contribution in [0.5, 0.6) is 5.75 Å². The molecule has 0 saturated heterocycles. The van der Waals surface area contributed by atoms with Crippen LogP contribution in [-0.4, -0.2) is 23.0 Å². The van der Waals surface area contributed by atoms with Crippen LogP contribution in [0.15, 0.2) is 186 Å². The first-order valence-electron chi connectivity index (χ1n) is 19.3. The van der Waals surface area contributed by atoms with Crippen molar-refractivity contribution in [2.45, 2.75) is 12.8 Å². The molecule has 1 aromatic heterocycles. The fourth-order valence-electron chi connectivity index (χ4n) is 7.51. The monoisotopic (exact) mass is 756 g/mol. The predicted octanol–water partition coefficient (Wildman–Crippen LogP) is 13.1. The van der Waals surface area contributed by atoms with Gasteiger partial charge in [-0.15, -0.1) is 5.11 Å². The van der Waals surface area contributed by atoms with E-state index in [1.165, 1.54) is 5.56 Å². The summed E-state index contributed by atoms with van der Waals surface area (Å²) < 4.78 is 0. The number of amides is 1. The number of nitrogens with one attached hydrogen (secondary N) is 3. The van der Waals surface area contributed by atoms with Gasteiger partial charge < -0.3 is 25.6 Å². The topological polar surface area (TPSA) is 105 Å². The molecule has 0 atom stereocenters. The van der Waals surface area contributed by atoms with E-state index >= 15 is 0 Å². The Balaban J connectivity index is 0.941. The summed E-state index contributed by atoms with van der Waals surface area (Å²) in [6, 6.07) is 58.6. The number of aryl methyl sites for hydroxylation is 2. The summed E-state index contributed by atoms with van der Waals surface area (Å²) in [6.07, 6.45) is 1.71. The van der Waals surface area contributed by atoms with Crippen LogP contribution in [0.25, 0.3) is 32.6 Å². The lowest BCUT2D eigenvalue weighted by molar-refractivity contribution is 0.102. The van der Waals surface area contributed by atoms with E-state index in [4.69, 9.17) is 0 Å². The molecule has 8 aromatic carbocycles. The number of fused-ring (bicyclic) bond motifs is 5. The first-order valence-corrected chi connectivity index (χ1v) is 19.3. The molecule has 0 fully saturated rings. The number of para-hydroxylation sites is 3. The van der Waals surface area contributed by atoms with Crippen molar-refractivity contribution >= 4 is 78.3 Å². The number of benzene rings is 8. The van der Waals surface area contributed by atoms with E-state index in [1.54, 1.807) is 6.07 Å². The Hall–Kier alpha value is -7.71. The zero-order chi connectivity index (χ0) is 39.4. The van der Waals surface area contributed by atoms with Gasteiger partial charge in [-0.2, -0.15) is 5.11 Å². The van der Waals surface area contributed by atoms with Gasteiger partial charge in [0.05, 0.1) is 16.8 Å². The Morgan fingerprint density at radius 3 is 1.86 bits per heavy atom. The van der Waals surface area contributed by atoms with Crippen LogP contribution in [0.4, 0.5) is 39.8 Å². The number of aromatic amines is 1. The number of carbonyl (C=O) groups excluding carboxylic acids is 1. The number of anilines is 5. The lowest BCUT2D eigenvalue weighted by Crippen LogP contribution is -2.12. The fraction of sp³-hybridized carbons (Fsp3) is 0.0600. The van der Waals surface area contributed by atoms with E-state index in [0.717, 1.165) is 68.3 Å². The highest BCUT2D eigenvalue weighted by molar-refractivity contribution is 6.22. The van der Waals surface area contributed by atoms with Gasteiger partial charge >= 0.3 is 0 Å². The highest BCUT2D eigenvalue weighted by Gasteiger charge is 2.22. The molecule has 282 valence electrons. The van der Waals surface area contributed by atoms with E-state index in [-0.39, 0.29) is 17.0 Å². The first-order chi connectivity index (χ1) is 28.5. The minimum absolute atomic E-state index is 0.105. The van der Waals surface area contributed by atoms with Gasteiger partial charge in [0.1, 0.15) is 5.69 Å². The second-order valence-corrected chi connectivity index (χ2v) is 14.2. The minimum Gasteiger partial charge on any atom is -0.505 e. The molecule has 9 aromatic rings. The molecule has 8 heteroatoms. The summed E-state index contributed by atoms with van der Waals surface area (Å²) in [5.41, 5.74) is 9.97. The number of phenols is 1. The van der Waals surface area contributed by atoms with Crippen molar-refractivity contribution in [2.75, 3.05) is 22.6 Å². The van der Waals surface area contributed by atoms with Gasteiger partial charge in [-0.05, 0) is 114 Å². The normalized spacial score (nSPS) is 11.4. The SMILES string of the molecule is CNc1ccc(N=Nc2c(O)c(C(=O)Nc3ccc(CCc4ccc(N(c5ccccc5)c5ccccc5)cc4)cc3)cc3ccc4c5ccccc5[nH]c4c23)cc1. The Morgan fingerprint density at radius 2 is 1.21 bits per heavy atom. The Bertz CT molecular complexity index is 2870. The van der Waals surface area contributed by atoms with Crippen molar-refractivity contribution in [1.82, 2.24) is 4.98 Å². The summed E-state index contributed by atoms with van der Waals surface area (Å²) in [6.45, 7) is 0. The van der Waals surface area contributed by atoms with E-state index in [2.05, 4.69) is 110 Å². The van der Waals surface area contributed by atoms with E-state index in [0.29, 0.717) is 16.8 Å². The highest BCUT2D eigenvalue weighted by atomic mass is 16.3. The van der Waals surface area contributed by atoms with Crippen molar-refractivity contribution in [2.24, 2.45) is 10.2 Å². The fourth-order valence-corrected chi connectivity index (χ4v) is 7.51. The van der Waals surface area contributed by atoms with E-state index in [9.17, 15) is 9.90 Å². The summed E-state index contributed by atoms with van der Waals surface area (Å²) in [4.78, 5) is 19.6. The molecule has 1 amide bonds. The summed E-state index contributed by atoms with van der Waals surface area (Å²) in [5, 5.41) is 30.4. The molecule has 0 bridgehead atoms. The van der Waals surface area contributed by atoms with Gasteiger partial charge in [-0.25, -0.2) is 0 Å². The smallest absolute Gasteiger partial charge is 0.259 e. The Labute approximate surface area is 336 Å². The molecule has 0 aliphatic carbocycles. The van der Waals surface area contributed by atoms with Crippen LogP contribution in [0, 0.1) is 0 Å². The third kappa shape index (κ3) is 7.22. The van der Waals surface area contributed by atoms with Crippen LogP contribution in [0.2, 0.25) is 0 Å². The second kappa shape index (κ2) is 15.8. The number of nitrogens with zero attached hydrogens (tertiary/aromatic N) is 3. The molecule has 4 N–H and O–H groups in total. The third-order valence-corrected chi connectivity index (χ3v) is 10.5. The zero-order valence-electron chi connectivity index (χ0n) is 31.9. The van der Waals surface area contributed by atoms with Crippen molar-refractivity contribution in [3.63, 3.8) is 0 Å². The summed E-state index contributed by atoms with van der Waals surface area (Å²) >= 11 is 0. The molecule has 0 aliphatic rings. The van der Waals surface area contributed by atoms with Crippen LogP contribution < -0.4 is 15.5 Å². The van der Waals surface area contributed by atoms with Gasteiger partial charge in [0.25, 0.3) is 5.91 Å². The molecule has 0 spiro atoms. The number of azo groups is 1. The minimum atomic E-state index is -0.446. The zero-order valence-corrected chi connectivity index (χ0v) is 31.9. The molecule has 0 aliphatic heterocycles. The number of aromatic nitrogens is 1. The van der Waals surface area contributed by atoms with Crippen molar-refractivity contribution < 1.29 is 9.90 Å². The molecule has 8 nitrogen and oxygen atoms in total. The first kappa shape index (κ1) is 36.0. The number of phenolic OH excluding ortho intramolecular Hbond substituents is 1. The van der Waals surface area contributed by atoms with E-state index in [1.807, 2.05) is 98.0 Å². The van der Waals surface area contributed by atoms with Gasteiger partial charge in [0.15, 0.2) is 5.75 Å². The Kier molecular flexibility index (Phi) is 9.80. The largest absolute Gasteiger partial charge is 0.505 e. The second-order valence-electron chi connectivity index (χ2n) is 14.2. The maximum absolute atomic E-state index is 13.9. The van der Waals surface area contributed by atoms with Crippen molar-refractivity contribution in [3.05, 3.63) is 193 Å². The number of hydrogen-bond acceptors (Lipinski definition) is 6. The molecular formula is C50H40N6O2. The number of carbonyl (C=O) groups is 1. The quantitative estimate of drug-likeness (QED) is 0.0986. The van der Waals surface area contributed by atoms with Gasteiger partial charge in [0, 0.05) is 57.2 Å². The molecule has 58 heavy (non-hydrogen) atoms. The average molecular weight is 757 g/mol. The maximum Gasteiger partial charge on any atom is 0.259 e. The standard InChI is InChI=1S/C50H40N6O2/c1-51-36-25-27-38(28-26-36)54-55-48-46-35(22-31-43-42-14-8-9-15-45(42)53-47(43)46)32-44(49(48)57)50(58)52-37-23-18-33(19-24-37)16-17-34-20-29-41(30-21-34)56(39-10-4-2-5-11-39)40-12-6-3-7-13-40/h2-15,18-32,51,53,57H,16-17H2,1H3,(H,52,58). The van der Waals surface area contributed by atoms with Crippen LogP contribution in [0.3, 0.4) is 0 Å². The highest BCUT2D eigenvalue weighted by Crippen LogP contribution is 2.44. The Morgan fingerprint density at radius 1 is 0.621 bits per heavy atom. The maximum atomic E-state index is 13.9. The number of hydrogen-bond donors (Lipinski definition) is 4. The number of aromatic hydroxyl groups is 1. The van der Waals surface area contributed by atoms with Crippen LogP contribution in [0.1, 0.15) is 21.5 Å². The molecule has 0 radical (unpaired) electrons. The third-order valence-electron chi connectivity index (χ3n) is 10.5. The van der Waals surface area contributed by atoms with Gasteiger partial charge in [-0.3, -0.25) is 4.79 Å². The van der Waals surface area contributed by atoms with Crippen LogP contribution >= 0.6 is 0 Å². The number of H-pyrrole nitrogens is 1. The molecule has 0 unspecified atom stereocenters. The van der Waals surface area contributed by atoms with Crippen LogP contribution in [-0.2, 0) is 12.8 Å². The molecule has 9 rings (SSSR count). The summed E-state index contributed by atoms with van der Waals surface area (Å²) in [7, 11) is 1.85. The lowest BCUT2D eigenvalue weighted by Gasteiger charge is -2.25. The molecule has 1 heterocycles. The summed E-state index contributed by atoms with van der Waals surface area (Å²) in [5.74, 6) is -0.691. The van der Waals surface area contributed by atoms with E-state index < -0.39 is 5.91 Å². The van der Waals surface area contributed by atoms with Gasteiger partial charge in [0.2, 0.25) is 0 Å². The van der Waals surface area contributed by atoms with Crippen molar-refractivity contribution in [1.29, 1.82) is 0 Å². The predicted molar refractivity (Wildman–Crippen MR) is 238 cm³/mol. The molecule has 0 saturated carbocycles. The average Bonchev–Trinajstić information content (AvgIpc) is 3.66. The van der Waals surface area contributed by atoms with Crippen molar-refractivity contribution in [3.8, 4) is 5.75 Å². The van der Waals surface area contributed by atoms with Gasteiger partial charge in [-0.1, -0.05) is 91.0 Å². The molecular weight excluding hydrogens is 717 g/mol. The number of rotatable bonds is 11.